The first-order valence-electron chi connectivity index (χ1n) is 6.49. The molecule has 0 saturated heterocycles. The Morgan fingerprint density at radius 2 is 1.95 bits per heavy atom. The second-order valence-electron chi connectivity index (χ2n) is 4.41. The SMILES string of the molecule is COC(=O)c1scc(-c2csc(-c3ccccc3)n2)c1SC. The van der Waals surface area contributed by atoms with Gasteiger partial charge in [-0.1, -0.05) is 30.3 Å². The van der Waals surface area contributed by atoms with Crippen LogP contribution in [0.3, 0.4) is 0 Å². The number of nitrogens with zero attached hydrogens (tertiary/aromatic N) is 1. The second kappa shape index (κ2) is 6.64. The molecule has 0 saturated carbocycles. The third kappa shape index (κ3) is 2.82. The molecular weight excluding hydrogens is 334 g/mol. The summed E-state index contributed by atoms with van der Waals surface area (Å²) in [6, 6.07) is 10.1. The summed E-state index contributed by atoms with van der Waals surface area (Å²) in [6.45, 7) is 0. The normalized spacial score (nSPS) is 10.6. The van der Waals surface area contributed by atoms with Crippen molar-refractivity contribution in [2.24, 2.45) is 0 Å². The van der Waals surface area contributed by atoms with E-state index in [9.17, 15) is 4.79 Å². The molecule has 0 aliphatic heterocycles. The van der Waals surface area contributed by atoms with Crippen molar-refractivity contribution in [1.82, 2.24) is 4.98 Å². The van der Waals surface area contributed by atoms with E-state index >= 15 is 0 Å². The molecule has 0 atom stereocenters. The number of methoxy groups -OCH3 is 1. The third-order valence-corrected chi connectivity index (χ3v) is 5.93. The van der Waals surface area contributed by atoms with Gasteiger partial charge in [0.05, 0.1) is 12.8 Å². The van der Waals surface area contributed by atoms with Crippen molar-refractivity contribution < 1.29 is 9.53 Å². The Kier molecular flexibility index (Phi) is 4.61. The van der Waals surface area contributed by atoms with Crippen molar-refractivity contribution in [2.75, 3.05) is 13.4 Å². The van der Waals surface area contributed by atoms with E-state index in [4.69, 9.17) is 9.72 Å². The largest absolute Gasteiger partial charge is 0.465 e. The van der Waals surface area contributed by atoms with Gasteiger partial charge in [-0.05, 0) is 6.26 Å². The summed E-state index contributed by atoms with van der Waals surface area (Å²) in [5, 5.41) is 4.99. The van der Waals surface area contributed by atoms with E-state index in [1.165, 1.54) is 18.4 Å². The molecular formula is C16H13NO2S3. The number of thioether (sulfide) groups is 1. The van der Waals surface area contributed by atoms with Gasteiger partial charge in [0.1, 0.15) is 9.88 Å². The maximum atomic E-state index is 11.8. The standard InChI is InChI=1S/C16H13NO2S3/c1-19-16(18)14-13(20-2)11(8-21-14)12-9-22-15(17-12)10-6-4-3-5-7-10/h3-9H,1-2H3. The molecule has 0 radical (unpaired) electrons. The average molecular weight is 347 g/mol. The molecule has 3 nitrogen and oxygen atoms in total. The number of thiophene rings is 1. The number of hydrogen-bond acceptors (Lipinski definition) is 6. The van der Waals surface area contributed by atoms with Crippen molar-refractivity contribution in [3.63, 3.8) is 0 Å². The van der Waals surface area contributed by atoms with Gasteiger partial charge in [0, 0.05) is 26.8 Å². The molecule has 0 bridgehead atoms. The number of carbonyl (C=O) groups excluding carboxylic acids is 1. The number of rotatable bonds is 4. The first-order valence-corrected chi connectivity index (χ1v) is 9.48. The van der Waals surface area contributed by atoms with Crippen molar-refractivity contribution >= 4 is 40.4 Å². The Labute approximate surface area is 141 Å². The minimum absolute atomic E-state index is 0.292. The lowest BCUT2D eigenvalue weighted by molar-refractivity contribution is 0.0603. The fourth-order valence-corrected chi connectivity index (χ4v) is 4.89. The van der Waals surface area contributed by atoms with E-state index in [-0.39, 0.29) is 5.97 Å². The van der Waals surface area contributed by atoms with Gasteiger partial charge in [-0.25, -0.2) is 9.78 Å². The molecule has 3 rings (SSSR count). The molecule has 6 heteroatoms. The van der Waals surface area contributed by atoms with Crippen LogP contribution in [-0.4, -0.2) is 24.3 Å². The quantitative estimate of drug-likeness (QED) is 0.489. The molecule has 22 heavy (non-hydrogen) atoms. The van der Waals surface area contributed by atoms with Crippen LogP contribution in [0.5, 0.6) is 0 Å². The predicted octanol–water partition coefficient (Wildman–Crippen LogP) is 5.05. The Bertz CT molecular complexity index is 793. The van der Waals surface area contributed by atoms with Crippen LogP contribution < -0.4 is 0 Å². The summed E-state index contributed by atoms with van der Waals surface area (Å²) in [5.74, 6) is -0.292. The number of hydrogen-bond donors (Lipinski definition) is 0. The van der Waals surface area contributed by atoms with Gasteiger partial charge in [-0.2, -0.15) is 0 Å². The molecule has 0 aliphatic rings. The summed E-state index contributed by atoms with van der Waals surface area (Å²) in [4.78, 5) is 18.1. The number of carbonyl (C=O) groups is 1. The molecule has 0 aliphatic carbocycles. The van der Waals surface area contributed by atoms with E-state index in [1.807, 2.05) is 47.3 Å². The third-order valence-electron chi connectivity index (χ3n) is 3.12. The molecule has 0 spiro atoms. The van der Waals surface area contributed by atoms with Crippen LogP contribution in [0.15, 0.2) is 46.0 Å². The predicted molar refractivity (Wildman–Crippen MR) is 94.0 cm³/mol. The first-order chi connectivity index (χ1) is 10.7. The Balaban J connectivity index is 2.01. The molecule has 0 fully saturated rings. The van der Waals surface area contributed by atoms with E-state index in [1.54, 1.807) is 23.1 Å². The molecule has 3 aromatic rings. The van der Waals surface area contributed by atoms with Gasteiger partial charge in [-0.3, -0.25) is 0 Å². The summed E-state index contributed by atoms with van der Waals surface area (Å²) >= 11 is 4.56. The van der Waals surface area contributed by atoms with E-state index in [0.29, 0.717) is 4.88 Å². The summed E-state index contributed by atoms with van der Waals surface area (Å²) in [7, 11) is 1.40. The van der Waals surface area contributed by atoms with Gasteiger partial charge in [0.2, 0.25) is 0 Å². The van der Waals surface area contributed by atoms with Gasteiger partial charge in [0.25, 0.3) is 0 Å². The van der Waals surface area contributed by atoms with Crippen molar-refractivity contribution in [2.45, 2.75) is 4.90 Å². The number of esters is 1. The van der Waals surface area contributed by atoms with Crippen LogP contribution in [-0.2, 0) is 4.74 Å². The van der Waals surface area contributed by atoms with Crippen LogP contribution in [0.1, 0.15) is 9.67 Å². The zero-order valence-corrected chi connectivity index (χ0v) is 14.5. The smallest absolute Gasteiger partial charge is 0.349 e. The van der Waals surface area contributed by atoms with Gasteiger partial charge >= 0.3 is 5.97 Å². The fraction of sp³-hybridized carbons (Fsp3) is 0.125. The highest BCUT2D eigenvalue weighted by atomic mass is 32.2. The number of aromatic nitrogens is 1. The minimum Gasteiger partial charge on any atom is -0.465 e. The van der Waals surface area contributed by atoms with Crippen LogP contribution >= 0.6 is 34.4 Å². The Morgan fingerprint density at radius 1 is 1.18 bits per heavy atom. The van der Waals surface area contributed by atoms with Gasteiger partial charge < -0.3 is 4.74 Å². The summed E-state index contributed by atoms with van der Waals surface area (Å²) in [5.41, 5.74) is 3.00. The maximum absolute atomic E-state index is 11.8. The fourth-order valence-electron chi connectivity index (χ4n) is 2.07. The molecule has 0 amide bonds. The van der Waals surface area contributed by atoms with Crippen LogP contribution in [0.4, 0.5) is 0 Å². The summed E-state index contributed by atoms with van der Waals surface area (Å²) < 4.78 is 4.84. The zero-order valence-electron chi connectivity index (χ0n) is 12.0. The second-order valence-corrected chi connectivity index (χ2v) is 6.96. The average Bonchev–Trinajstić information content (AvgIpc) is 3.21. The molecule has 2 aromatic heterocycles. The Morgan fingerprint density at radius 3 is 2.64 bits per heavy atom. The number of thiazole rings is 1. The highest BCUT2D eigenvalue weighted by Crippen LogP contribution is 2.39. The molecule has 0 unspecified atom stereocenters. The zero-order chi connectivity index (χ0) is 15.5. The van der Waals surface area contributed by atoms with E-state index in [2.05, 4.69) is 0 Å². The molecule has 0 N–H and O–H groups in total. The first kappa shape index (κ1) is 15.3. The van der Waals surface area contributed by atoms with Gasteiger partial charge in [-0.15, -0.1) is 34.4 Å². The minimum atomic E-state index is -0.292. The topological polar surface area (TPSA) is 39.2 Å². The number of benzene rings is 1. The Hall–Kier alpha value is -1.63. The molecule has 1 aromatic carbocycles. The monoisotopic (exact) mass is 347 g/mol. The van der Waals surface area contributed by atoms with E-state index < -0.39 is 0 Å². The summed E-state index contributed by atoms with van der Waals surface area (Å²) in [6.07, 6.45) is 1.96. The van der Waals surface area contributed by atoms with Crippen LogP contribution in [0.2, 0.25) is 0 Å². The van der Waals surface area contributed by atoms with Crippen molar-refractivity contribution in [3.8, 4) is 21.8 Å². The van der Waals surface area contributed by atoms with Crippen molar-refractivity contribution in [3.05, 3.63) is 46.0 Å². The van der Waals surface area contributed by atoms with Crippen LogP contribution in [0.25, 0.3) is 21.8 Å². The molecule has 112 valence electrons. The molecule has 2 heterocycles. The maximum Gasteiger partial charge on any atom is 0.349 e. The van der Waals surface area contributed by atoms with Gasteiger partial charge in [0.15, 0.2) is 0 Å². The lowest BCUT2D eigenvalue weighted by atomic mass is 10.2. The van der Waals surface area contributed by atoms with Crippen molar-refractivity contribution in [1.29, 1.82) is 0 Å². The number of ether oxygens (including phenoxy) is 1. The van der Waals surface area contributed by atoms with Crippen LogP contribution in [0, 0.1) is 0 Å². The lowest BCUT2D eigenvalue weighted by Crippen LogP contribution is -1.99. The highest BCUT2D eigenvalue weighted by Gasteiger charge is 2.20. The lowest BCUT2D eigenvalue weighted by Gasteiger charge is -2.01. The highest BCUT2D eigenvalue weighted by molar-refractivity contribution is 7.99. The van der Waals surface area contributed by atoms with E-state index in [0.717, 1.165) is 26.7 Å².